The van der Waals surface area contributed by atoms with Crippen LogP contribution in [0.5, 0.6) is 0 Å². The Morgan fingerprint density at radius 3 is 2.60 bits per heavy atom. The SMILES string of the molecule is O=C(OCC(=O)N(Cc1ccc(F)cc1)C1CCCCC1)c1ccc2c(=O)n3c(nc2c1)CCC3. The van der Waals surface area contributed by atoms with Crippen molar-refractivity contribution >= 4 is 22.8 Å². The van der Waals surface area contributed by atoms with Crippen LogP contribution in [0.3, 0.4) is 0 Å². The van der Waals surface area contributed by atoms with E-state index in [4.69, 9.17) is 4.74 Å². The van der Waals surface area contributed by atoms with Crippen molar-refractivity contribution < 1.29 is 18.7 Å². The summed E-state index contributed by atoms with van der Waals surface area (Å²) >= 11 is 0. The minimum absolute atomic E-state index is 0.0694. The Morgan fingerprint density at radius 1 is 1.06 bits per heavy atom. The Hall–Kier alpha value is -3.55. The molecule has 0 N–H and O–H groups in total. The van der Waals surface area contributed by atoms with Crippen molar-refractivity contribution in [2.75, 3.05) is 6.61 Å². The fourth-order valence-corrected chi connectivity index (χ4v) is 5.10. The average molecular weight is 478 g/mol. The van der Waals surface area contributed by atoms with Gasteiger partial charge in [0.1, 0.15) is 11.6 Å². The van der Waals surface area contributed by atoms with Crippen molar-refractivity contribution in [3.05, 3.63) is 75.6 Å². The maximum Gasteiger partial charge on any atom is 0.338 e. The number of hydrogen-bond donors (Lipinski definition) is 0. The number of hydrogen-bond acceptors (Lipinski definition) is 5. The molecule has 5 rings (SSSR count). The molecular weight excluding hydrogens is 449 g/mol. The van der Waals surface area contributed by atoms with E-state index in [0.29, 0.717) is 24.0 Å². The Balaban J connectivity index is 1.30. The smallest absolute Gasteiger partial charge is 0.338 e. The number of carbonyl (C=O) groups is 2. The van der Waals surface area contributed by atoms with Crippen molar-refractivity contribution in [2.24, 2.45) is 0 Å². The minimum Gasteiger partial charge on any atom is -0.452 e. The molecule has 1 aliphatic heterocycles. The van der Waals surface area contributed by atoms with Gasteiger partial charge in [0.25, 0.3) is 11.5 Å². The van der Waals surface area contributed by atoms with Crippen LogP contribution in [0, 0.1) is 5.82 Å². The quantitative estimate of drug-likeness (QED) is 0.502. The topological polar surface area (TPSA) is 81.5 Å². The fourth-order valence-electron chi connectivity index (χ4n) is 5.10. The summed E-state index contributed by atoms with van der Waals surface area (Å²) in [5.41, 5.74) is 1.45. The first-order valence-electron chi connectivity index (χ1n) is 12.2. The van der Waals surface area contributed by atoms with E-state index >= 15 is 0 Å². The molecule has 182 valence electrons. The molecule has 3 aromatic rings. The molecule has 0 radical (unpaired) electrons. The fraction of sp³-hybridized carbons (Fsp3) is 0.407. The lowest BCUT2D eigenvalue weighted by Gasteiger charge is -2.34. The van der Waals surface area contributed by atoms with E-state index < -0.39 is 5.97 Å². The first-order valence-corrected chi connectivity index (χ1v) is 12.2. The lowest BCUT2D eigenvalue weighted by molar-refractivity contribution is -0.138. The Labute approximate surface area is 202 Å². The Kier molecular flexibility index (Phi) is 6.61. The van der Waals surface area contributed by atoms with E-state index in [1.54, 1.807) is 33.7 Å². The van der Waals surface area contributed by atoms with Gasteiger partial charge in [-0.15, -0.1) is 0 Å². The highest BCUT2D eigenvalue weighted by atomic mass is 19.1. The second kappa shape index (κ2) is 9.98. The van der Waals surface area contributed by atoms with Crippen molar-refractivity contribution in [1.82, 2.24) is 14.5 Å². The molecule has 1 saturated carbocycles. The summed E-state index contributed by atoms with van der Waals surface area (Å²) in [7, 11) is 0. The van der Waals surface area contributed by atoms with Crippen LogP contribution in [0.2, 0.25) is 0 Å². The van der Waals surface area contributed by atoms with Crippen molar-refractivity contribution in [2.45, 2.75) is 64.1 Å². The number of esters is 1. The maximum atomic E-state index is 13.3. The first-order chi connectivity index (χ1) is 17.0. The van der Waals surface area contributed by atoms with Gasteiger partial charge in [-0.1, -0.05) is 31.4 Å². The third-order valence-corrected chi connectivity index (χ3v) is 6.98. The van der Waals surface area contributed by atoms with E-state index in [1.165, 1.54) is 18.2 Å². The number of aromatic nitrogens is 2. The zero-order chi connectivity index (χ0) is 24.4. The second-order valence-electron chi connectivity index (χ2n) is 9.34. The molecule has 8 heteroatoms. The highest BCUT2D eigenvalue weighted by Crippen LogP contribution is 2.25. The van der Waals surface area contributed by atoms with Crippen molar-refractivity contribution in [1.29, 1.82) is 0 Å². The van der Waals surface area contributed by atoms with Crippen LogP contribution >= 0.6 is 0 Å². The number of halogens is 1. The maximum absolute atomic E-state index is 13.3. The van der Waals surface area contributed by atoms with E-state index in [-0.39, 0.29) is 35.5 Å². The lowest BCUT2D eigenvalue weighted by Crippen LogP contribution is -2.43. The third-order valence-electron chi connectivity index (χ3n) is 6.98. The van der Waals surface area contributed by atoms with Gasteiger partial charge >= 0.3 is 5.97 Å². The second-order valence-corrected chi connectivity index (χ2v) is 9.34. The number of benzene rings is 2. The van der Waals surface area contributed by atoms with Gasteiger partial charge in [0.15, 0.2) is 6.61 Å². The van der Waals surface area contributed by atoms with E-state index in [2.05, 4.69) is 4.98 Å². The van der Waals surface area contributed by atoms with Gasteiger partial charge in [0, 0.05) is 25.6 Å². The molecule has 1 aliphatic carbocycles. The number of ether oxygens (including phenoxy) is 1. The van der Waals surface area contributed by atoms with Crippen LogP contribution in [0.15, 0.2) is 47.3 Å². The van der Waals surface area contributed by atoms with Gasteiger partial charge in [-0.25, -0.2) is 14.2 Å². The average Bonchev–Trinajstić information content (AvgIpc) is 3.36. The standard InChI is InChI=1S/C27H28FN3O4/c28-20-11-8-18(9-12-20)16-31(21-5-2-1-3-6-21)25(32)17-35-27(34)19-10-13-22-23(15-19)29-24-7-4-14-30(24)26(22)33/h8-13,15,21H,1-7,14,16-17H2. The first kappa shape index (κ1) is 23.2. The molecule has 0 saturated heterocycles. The molecule has 2 aromatic carbocycles. The summed E-state index contributed by atoms with van der Waals surface area (Å²) in [6, 6.07) is 10.9. The van der Waals surface area contributed by atoms with Crippen LogP contribution < -0.4 is 5.56 Å². The summed E-state index contributed by atoms with van der Waals surface area (Å²) < 4.78 is 20.4. The number of rotatable bonds is 6. The van der Waals surface area contributed by atoms with E-state index in [0.717, 1.165) is 56.3 Å². The van der Waals surface area contributed by atoms with E-state index in [1.807, 2.05) is 0 Å². The third kappa shape index (κ3) is 4.97. The van der Waals surface area contributed by atoms with Gasteiger partial charge < -0.3 is 9.64 Å². The number of fused-ring (bicyclic) bond motifs is 2. The lowest BCUT2D eigenvalue weighted by atomic mass is 9.93. The molecule has 1 amide bonds. The molecule has 0 bridgehead atoms. The molecular formula is C27H28FN3O4. The van der Waals surface area contributed by atoms with Crippen molar-refractivity contribution in [3.8, 4) is 0 Å². The monoisotopic (exact) mass is 477 g/mol. The zero-order valence-corrected chi connectivity index (χ0v) is 19.5. The normalized spacial score (nSPS) is 15.7. The molecule has 2 aliphatic rings. The minimum atomic E-state index is -0.631. The molecule has 0 atom stereocenters. The molecule has 35 heavy (non-hydrogen) atoms. The van der Waals surface area contributed by atoms with Crippen LogP contribution in [-0.4, -0.2) is 39.0 Å². The zero-order valence-electron chi connectivity index (χ0n) is 19.5. The highest BCUT2D eigenvalue weighted by molar-refractivity contribution is 5.95. The predicted molar refractivity (Wildman–Crippen MR) is 128 cm³/mol. The number of nitrogens with zero attached hydrogens (tertiary/aromatic N) is 3. The van der Waals surface area contributed by atoms with Gasteiger partial charge in [0.05, 0.1) is 16.5 Å². The molecule has 1 fully saturated rings. The molecule has 0 spiro atoms. The van der Waals surface area contributed by atoms with E-state index in [9.17, 15) is 18.8 Å². The molecule has 1 aromatic heterocycles. The summed E-state index contributed by atoms with van der Waals surface area (Å²) in [6.45, 7) is 0.629. The number of amides is 1. The number of carbonyl (C=O) groups excluding carboxylic acids is 2. The van der Waals surface area contributed by atoms with Crippen LogP contribution in [-0.2, 0) is 29.0 Å². The van der Waals surface area contributed by atoms with Gasteiger partial charge in [-0.2, -0.15) is 0 Å². The van der Waals surface area contributed by atoms with Crippen LogP contribution in [0.1, 0.15) is 60.3 Å². The predicted octanol–water partition coefficient (Wildman–Crippen LogP) is 4.00. The van der Waals surface area contributed by atoms with Gasteiger partial charge in [-0.05, 0) is 55.2 Å². The molecule has 7 nitrogen and oxygen atoms in total. The van der Waals surface area contributed by atoms with Gasteiger partial charge in [0.2, 0.25) is 0 Å². The summed E-state index contributed by atoms with van der Waals surface area (Å²) in [4.78, 5) is 44.9. The summed E-state index contributed by atoms with van der Waals surface area (Å²) in [5, 5.41) is 0.464. The van der Waals surface area contributed by atoms with Crippen molar-refractivity contribution in [3.63, 3.8) is 0 Å². The molecule has 2 heterocycles. The summed E-state index contributed by atoms with van der Waals surface area (Å²) in [5.74, 6) is -0.500. The van der Waals surface area contributed by atoms with Crippen LogP contribution in [0.4, 0.5) is 4.39 Å². The Bertz CT molecular complexity index is 1310. The largest absolute Gasteiger partial charge is 0.452 e. The highest BCUT2D eigenvalue weighted by Gasteiger charge is 2.27. The molecule has 0 unspecified atom stereocenters. The van der Waals surface area contributed by atoms with Gasteiger partial charge in [-0.3, -0.25) is 14.2 Å². The van der Waals surface area contributed by atoms with Crippen LogP contribution in [0.25, 0.3) is 10.9 Å². The summed E-state index contributed by atoms with van der Waals surface area (Å²) in [6.07, 6.45) is 6.66. The Morgan fingerprint density at radius 2 is 1.83 bits per heavy atom. The number of aryl methyl sites for hydroxylation is 1.